The lowest BCUT2D eigenvalue weighted by Gasteiger charge is -2.26. The Morgan fingerprint density at radius 3 is 3.06 bits per heavy atom. The molecule has 88 valence electrons. The lowest BCUT2D eigenvalue weighted by atomic mass is 10.4. The van der Waals surface area contributed by atoms with Gasteiger partial charge in [0.25, 0.3) is 5.91 Å². The van der Waals surface area contributed by atoms with Crippen LogP contribution in [0.1, 0.15) is 9.67 Å². The molecule has 1 fully saturated rings. The third-order valence-corrected chi connectivity index (χ3v) is 3.22. The monoisotopic (exact) mass is 241 g/mol. The normalized spacial score (nSPS) is 17.2. The fourth-order valence-corrected chi connectivity index (χ4v) is 2.08. The number of aromatic nitrogens is 1. The van der Waals surface area contributed by atoms with Crippen LogP contribution in [0.25, 0.3) is 0 Å². The van der Waals surface area contributed by atoms with Crippen LogP contribution in [0.3, 0.4) is 0 Å². The van der Waals surface area contributed by atoms with Crippen LogP contribution in [-0.2, 0) is 4.74 Å². The average molecular weight is 241 g/mol. The summed E-state index contributed by atoms with van der Waals surface area (Å²) in [6.07, 6.45) is 1.64. The zero-order valence-corrected chi connectivity index (χ0v) is 9.83. The van der Waals surface area contributed by atoms with Gasteiger partial charge in [-0.2, -0.15) is 0 Å². The van der Waals surface area contributed by atoms with Crippen LogP contribution in [0, 0.1) is 0 Å². The molecule has 0 unspecified atom stereocenters. The minimum Gasteiger partial charge on any atom is -0.379 e. The van der Waals surface area contributed by atoms with Crippen molar-refractivity contribution in [3.8, 4) is 0 Å². The number of ether oxygens (including phenoxy) is 1. The molecule has 0 aliphatic carbocycles. The Bertz CT molecular complexity index is 323. The number of hydrogen-bond acceptors (Lipinski definition) is 5. The Labute approximate surface area is 98.6 Å². The van der Waals surface area contributed by atoms with E-state index in [0.717, 1.165) is 32.8 Å². The summed E-state index contributed by atoms with van der Waals surface area (Å²) in [6, 6.07) is 1.73. The Morgan fingerprint density at radius 2 is 2.38 bits per heavy atom. The number of nitrogens with one attached hydrogen (secondary N) is 1. The van der Waals surface area contributed by atoms with E-state index in [0.29, 0.717) is 11.4 Å². The van der Waals surface area contributed by atoms with Crippen LogP contribution in [-0.4, -0.2) is 54.6 Å². The fourth-order valence-electron chi connectivity index (χ4n) is 1.57. The fraction of sp³-hybridized carbons (Fsp3) is 0.600. The van der Waals surface area contributed by atoms with Gasteiger partial charge in [0.15, 0.2) is 0 Å². The van der Waals surface area contributed by atoms with Gasteiger partial charge >= 0.3 is 0 Å². The molecule has 1 aromatic rings. The minimum absolute atomic E-state index is 0.0317. The summed E-state index contributed by atoms with van der Waals surface area (Å²) in [6.45, 7) is 5.06. The van der Waals surface area contributed by atoms with Crippen LogP contribution in [0.15, 0.2) is 12.3 Å². The van der Waals surface area contributed by atoms with E-state index in [1.54, 1.807) is 12.3 Å². The van der Waals surface area contributed by atoms with Crippen molar-refractivity contribution < 1.29 is 9.53 Å². The molecule has 0 bridgehead atoms. The summed E-state index contributed by atoms with van der Waals surface area (Å²) in [7, 11) is 0. The highest BCUT2D eigenvalue weighted by Gasteiger charge is 2.11. The van der Waals surface area contributed by atoms with Gasteiger partial charge in [-0.3, -0.25) is 9.69 Å². The van der Waals surface area contributed by atoms with Crippen molar-refractivity contribution in [2.45, 2.75) is 0 Å². The van der Waals surface area contributed by atoms with E-state index < -0.39 is 0 Å². The first-order valence-corrected chi connectivity index (χ1v) is 6.12. The predicted molar refractivity (Wildman–Crippen MR) is 61.7 cm³/mol. The number of carbonyl (C=O) groups excluding carboxylic acids is 1. The second-order valence-corrected chi connectivity index (χ2v) is 4.42. The van der Waals surface area contributed by atoms with Gasteiger partial charge in [-0.05, 0) is 17.6 Å². The first-order chi connectivity index (χ1) is 7.86. The smallest absolute Gasteiger partial charge is 0.263 e. The van der Waals surface area contributed by atoms with Gasteiger partial charge in [-0.15, -0.1) is 0 Å². The molecule has 1 saturated heterocycles. The first kappa shape index (κ1) is 11.5. The van der Waals surface area contributed by atoms with E-state index in [4.69, 9.17) is 4.74 Å². The van der Waals surface area contributed by atoms with E-state index in [1.807, 2.05) is 0 Å². The van der Waals surface area contributed by atoms with Crippen molar-refractivity contribution in [3.05, 3.63) is 17.1 Å². The number of hydrogen-bond donors (Lipinski definition) is 1. The number of nitrogens with zero attached hydrogens (tertiary/aromatic N) is 2. The molecule has 1 aliphatic rings. The summed E-state index contributed by atoms with van der Waals surface area (Å²) in [5, 5.41) is 2.88. The Balaban J connectivity index is 1.66. The first-order valence-electron chi connectivity index (χ1n) is 5.35. The van der Waals surface area contributed by atoms with Gasteiger partial charge in [0.05, 0.1) is 13.2 Å². The molecule has 0 aromatic carbocycles. The van der Waals surface area contributed by atoms with E-state index in [9.17, 15) is 4.79 Å². The van der Waals surface area contributed by atoms with Crippen LogP contribution >= 0.6 is 11.5 Å². The predicted octanol–water partition coefficient (Wildman–Crippen LogP) is 0.205. The maximum atomic E-state index is 11.6. The zero-order valence-electron chi connectivity index (χ0n) is 9.02. The van der Waals surface area contributed by atoms with Crippen molar-refractivity contribution in [1.29, 1.82) is 0 Å². The molecule has 1 aromatic heterocycles. The van der Waals surface area contributed by atoms with Crippen LogP contribution in [0.4, 0.5) is 0 Å². The molecule has 5 nitrogen and oxygen atoms in total. The Hall–Kier alpha value is -0.980. The molecule has 0 spiro atoms. The summed E-state index contributed by atoms with van der Waals surface area (Å²) in [4.78, 5) is 14.5. The third kappa shape index (κ3) is 3.26. The molecule has 2 rings (SSSR count). The molecule has 1 amide bonds. The van der Waals surface area contributed by atoms with Crippen LogP contribution in [0.2, 0.25) is 0 Å². The highest BCUT2D eigenvalue weighted by molar-refractivity contribution is 7.08. The van der Waals surface area contributed by atoms with Gasteiger partial charge in [0, 0.05) is 32.4 Å². The molecule has 0 saturated carbocycles. The van der Waals surface area contributed by atoms with Crippen LogP contribution < -0.4 is 5.32 Å². The molecular formula is C10H15N3O2S. The topological polar surface area (TPSA) is 54.5 Å². The molecule has 2 heterocycles. The minimum atomic E-state index is -0.0317. The summed E-state index contributed by atoms with van der Waals surface area (Å²) in [5.41, 5.74) is 0. The maximum Gasteiger partial charge on any atom is 0.263 e. The van der Waals surface area contributed by atoms with E-state index in [2.05, 4.69) is 14.6 Å². The molecule has 1 aliphatic heterocycles. The largest absolute Gasteiger partial charge is 0.379 e. The SMILES string of the molecule is O=C(NCCN1CCOCC1)c1ccns1. The number of amides is 1. The molecule has 16 heavy (non-hydrogen) atoms. The lowest BCUT2D eigenvalue weighted by Crippen LogP contribution is -2.41. The van der Waals surface area contributed by atoms with E-state index in [-0.39, 0.29) is 5.91 Å². The maximum absolute atomic E-state index is 11.6. The summed E-state index contributed by atoms with van der Waals surface area (Å²) < 4.78 is 9.15. The van der Waals surface area contributed by atoms with Gasteiger partial charge < -0.3 is 10.1 Å². The Morgan fingerprint density at radius 1 is 1.56 bits per heavy atom. The summed E-state index contributed by atoms with van der Waals surface area (Å²) in [5.74, 6) is -0.0317. The molecule has 6 heteroatoms. The zero-order chi connectivity index (χ0) is 11.2. The highest BCUT2D eigenvalue weighted by atomic mass is 32.1. The Kier molecular flexibility index (Phi) is 4.26. The average Bonchev–Trinajstić information content (AvgIpc) is 2.84. The third-order valence-electron chi connectivity index (χ3n) is 2.48. The molecule has 0 atom stereocenters. The molecule has 1 N–H and O–H groups in total. The van der Waals surface area contributed by atoms with Crippen molar-refractivity contribution in [2.24, 2.45) is 0 Å². The highest BCUT2D eigenvalue weighted by Crippen LogP contribution is 2.03. The van der Waals surface area contributed by atoms with Gasteiger partial charge in [-0.25, -0.2) is 4.37 Å². The van der Waals surface area contributed by atoms with Crippen molar-refractivity contribution >= 4 is 17.4 Å². The number of morpholine rings is 1. The second kappa shape index (κ2) is 5.93. The standard InChI is InChI=1S/C10H15N3O2S/c14-10(9-1-2-12-16-9)11-3-4-13-5-7-15-8-6-13/h1-2H,3-8H2,(H,11,14). The van der Waals surface area contributed by atoms with Gasteiger partial charge in [0.1, 0.15) is 4.88 Å². The van der Waals surface area contributed by atoms with Crippen molar-refractivity contribution in [3.63, 3.8) is 0 Å². The van der Waals surface area contributed by atoms with Crippen molar-refractivity contribution in [2.75, 3.05) is 39.4 Å². The van der Waals surface area contributed by atoms with E-state index in [1.165, 1.54) is 11.5 Å². The molecule has 0 radical (unpaired) electrons. The second-order valence-electron chi connectivity index (χ2n) is 3.59. The molecular weight excluding hydrogens is 226 g/mol. The quantitative estimate of drug-likeness (QED) is 0.818. The van der Waals surface area contributed by atoms with Gasteiger partial charge in [-0.1, -0.05) is 0 Å². The lowest BCUT2D eigenvalue weighted by molar-refractivity contribution is 0.0383. The van der Waals surface area contributed by atoms with Crippen LogP contribution in [0.5, 0.6) is 0 Å². The van der Waals surface area contributed by atoms with Crippen molar-refractivity contribution in [1.82, 2.24) is 14.6 Å². The number of carbonyl (C=O) groups is 1. The van der Waals surface area contributed by atoms with Gasteiger partial charge in [0.2, 0.25) is 0 Å². The van der Waals surface area contributed by atoms with E-state index >= 15 is 0 Å². The summed E-state index contributed by atoms with van der Waals surface area (Å²) >= 11 is 1.22. The number of rotatable bonds is 4.